The molecule has 1 aromatic carbocycles. The molecule has 1 aliphatic rings. The second kappa shape index (κ2) is 4.75. The highest BCUT2D eigenvalue weighted by atomic mass is 16.7. The Morgan fingerprint density at radius 1 is 1.28 bits per heavy atom. The summed E-state index contributed by atoms with van der Waals surface area (Å²) in [6.45, 7) is -0.609. The second-order valence-corrected chi connectivity index (χ2v) is 4.17. The minimum Gasteiger partial charge on any atom is -0.394 e. The molecule has 0 saturated carbocycles. The Kier molecular flexibility index (Phi) is 3.47. The number of ether oxygens (including phenoxy) is 1. The van der Waals surface area contributed by atoms with Crippen molar-refractivity contribution in [3.05, 3.63) is 35.9 Å². The van der Waals surface area contributed by atoms with Crippen LogP contribution < -0.4 is 0 Å². The lowest BCUT2D eigenvalue weighted by Crippen LogP contribution is -2.49. The van der Waals surface area contributed by atoms with Gasteiger partial charge in [0.05, 0.1) is 6.61 Å². The Balaban J connectivity index is 2.30. The van der Waals surface area contributed by atoms with Gasteiger partial charge >= 0.3 is 0 Å². The molecular weight excluding hydrogens is 240 g/mol. The molecule has 0 aliphatic carbocycles. The summed E-state index contributed by atoms with van der Waals surface area (Å²) in [5.41, 5.74) is 0.143. The summed E-state index contributed by atoms with van der Waals surface area (Å²) < 4.78 is 4.89. The molecule has 0 amide bonds. The van der Waals surface area contributed by atoms with Crippen LogP contribution >= 0.6 is 0 Å². The first-order valence-electron chi connectivity index (χ1n) is 5.47. The highest BCUT2D eigenvalue weighted by molar-refractivity contribution is 6.02. The summed E-state index contributed by atoms with van der Waals surface area (Å²) in [6.07, 6.45) is -4.52. The maximum Gasteiger partial charge on any atom is 0.261 e. The highest BCUT2D eigenvalue weighted by Crippen LogP contribution is 2.32. The Labute approximate surface area is 103 Å². The number of rotatable bonds is 3. The van der Waals surface area contributed by atoms with E-state index in [1.54, 1.807) is 18.2 Å². The number of hydrogen-bond donors (Lipinski definition) is 4. The molecule has 18 heavy (non-hydrogen) atoms. The average Bonchev–Trinajstić information content (AvgIpc) is 2.64. The zero-order valence-corrected chi connectivity index (χ0v) is 9.43. The zero-order chi connectivity index (χ0) is 13.3. The fraction of sp³-hybridized carbons (Fsp3) is 0.417. The SMILES string of the molecule is O=C(c1ccccc1)[C@]1(O)O[C@H](CO)[C@@H](O)[C@@H]1O. The largest absolute Gasteiger partial charge is 0.394 e. The minimum atomic E-state index is -2.53. The summed E-state index contributed by atoms with van der Waals surface area (Å²) >= 11 is 0. The number of ketones is 1. The number of Topliss-reactive ketones (excluding diaryl/α,β-unsaturated/α-hetero) is 1. The highest BCUT2D eigenvalue weighted by Gasteiger charge is 2.57. The lowest BCUT2D eigenvalue weighted by molar-refractivity contribution is -0.193. The van der Waals surface area contributed by atoms with E-state index in [1.165, 1.54) is 12.1 Å². The van der Waals surface area contributed by atoms with E-state index in [2.05, 4.69) is 0 Å². The summed E-state index contributed by atoms with van der Waals surface area (Å²) in [5.74, 6) is -3.39. The first kappa shape index (κ1) is 13.1. The van der Waals surface area contributed by atoms with Crippen LogP contribution in [0, 0.1) is 0 Å². The molecule has 2 rings (SSSR count). The Hall–Kier alpha value is -1.31. The average molecular weight is 254 g/mol. The third-order valence-corrected chi connectivity index (χ3v) is 2.98. The van der Waals surface area contributed by atoms with Gasteiger partial charge in [0.15, 0.2) is 0 Å². The van der Waals surface area contributed by atoms with Crippen LogP contribution in [-0.2, 0) is 4.74 Å². The van der Waals surface area contributed by atoms with Crippen LogP contribution in [0.5, 0.6) is 0 Å². The van der Waals surface area contributed by atoms with Gasteiger partial charge in [-0.25, -0.2) is 0 Å². The Morgan fingerprint density at radius 2 is 1.89 bits per heavy atom. The van der Waals surface area contributed by atoms with Gasteiger partial charge in [0.2, 0.25) is 5.78 Å². The van der Waals surface area contributed by atoms with E-state index in [-0.39, 0.29) is 5.56 Å². The molecule has 1 aliphatic heterocycles. The molecule has 1 heterocycles. The van der Waals surface area contributed by atoms with Crippen molar-refractivity contribution < 1.29 is 30.0 Å². The monoisotopic (exact) mass is 254 g/mol. The van der Waals surface area contributed by atoms with Gasteiger partial charge < -0.3 is 25.2 Å². The first-order chi connectivity index (χ1) is 8.50. The van der Waals surface area contributed by atoms with Gasteiger partial charge in [0.1, 0.15) is 18.3 Å². The molecule has 0 aromatic heterocycles. The van der Waals surface area contributed by atoms with Crippen LogP contribution in [0.1, 0.15) is 10.4 Å². The maximum absolute atomic E-state index is 12.1. The second-order valence-electron chi connectivity index (χ2n) is 4.17. The lowest BCUT2D eigenvalue weighted by Gasteiger charge is -2.24. The number of benzene rings is 1. The molecule has 98 valence electrons. The molecule has 0 unspecified atom stereocenters. The van der Waals surface area contributed by atoms with Crippen LogP contribution in [0.15, 0.2) is 30.3 Å². The molecule has 1 fully saturated rings. The van der Waals surface area contributed by atoms with Crippen LogP contribution in [-0.4, -0.2) is 56.9 Å². The number of aliphatic hydroxyl groups is 4. The molecule has 6 heteroatoms. The van der Waals surface area contributed by atoms with Gasteiger partial charge in [-0.05, 0) is 0 Å². The fourth-order valence-electron chi connectivity index (χ4n) is 1.93. The molecule has 6 nitrogen and oxygen atoms in total. The van der Waals surface area contributed by atoms with E-state index in [4.69, 9.17) is 9.84 Å². The van der Waals surface area contributed by atoms with Crippen molar-refractivity contribution in [2.75, 3.05) is 6.61 Å². The van der Waals surface area contributed by atoms with E-state index in [1.807, 2.05) is 0 Å². The van der Waals surface area contributed by atoms with Crippen molar-refractivity contribution >= 4 is 5.78 Å². The summed E-state index contributed by atoms with van der Waals surface area (Å²) in [6, 6.07) is 7.79. The number of carbonyl (C=O) groups excluding carboxylic acids is 1. The predicted molar refractivity (Wildman–Crippen MR) is 59.7 cm³/mol. The topological polar surface area (TPSA) is 107 Å². The lowest BCUT2D eigenvalue weighted by atomic mass is 9.97. The number of aliphatic hydroxyl groups excluding tert-OH is 3. The molecule has 4 N–H and O–H groups in total. The van der Waals surface area contributed by atoms with Crippen molar-refractivity contribution in [3.8, 4) is 0 Å². The number of hydrogen-bond acceptors (Lipinski definition) is 6. The van der Waals surface area contributed by atoms with Crippen LogP contribution in [0.25, 0.3) is 0 Å². The van der Waals surface area contributed by atoms with Gasteiger partial charge in [-0.1, -0.05) is 30.3 Å². The van der Waals surface area contributed by atoms with Crippen LogP contribution in [0.2, 0.25) is 0 Å². The molecule has 4 atom stereocenters. The number of carbonyl (C=O) groups is 1. The summed E-state index contributed by atoms with van der Waals surface area (Å²) in [4.78, 5) is 12.1. The van der Waals surface area contributed by atoms with Gasteiger partial charge in [-0.3, -0.25) is 4.79 Å². The molecule has 0 spiro atoms. The third kappa shape index (κ3) is 1.94. The van der Waals surface area contributed by atoms with Crippen LogP contribution in [0.4, 0.5) is 0 Å². The molecule has 1 saturated heterocycles. The molecule has 0 bridgehead atoms. The molecule has 0 radical (unpaired) electrons. The van der Waals surface area contributed by atoms with E-state index in [0.29, 0.717) is 0 Å². The van der Waals surface area contributed by atoms with Crippen molar-refractivity contribution in [3.63, 3.8) is 0 Å². The van der Waals surface area contributed by atoms with Crippen LogP contribution in [0.3, 0.4) is 0 Å². The summed E-state index contributed by atoms with van der Waals surface area (Å²) in [5, 5.41) is 38.2. The van der Waals surface area contributed by atoms with E-state index in [9.17, 15) is 20.1 Å². The molecule has 1 aromatic rings. The first-order valence-corrected chi connectivity index (χ1v) is 5.47. The van der Waals surface area contributed by atoms with Gasteiger partial charge in [0.25, 0.3) is 5.79 Å². The van der Waals surface area contributed by atoms with Gasteiger partial charge in [-0.2, -0.15) is 0 Å². The van der Waals surface area contributed by atoms with Crippen molar-refractivity contribution in [2.24, 2.45) is 0 Å². The standard InChI is InChI=1S/C12H14O6/c13-6-8-9(14)11(16)12(17,18-8)10(15)7-4-2-1-3-5-7/h1-5,8-9,11,13-14,16-17H,6H2/t8-,9-,11+,12+/m1/s1. The Morgan fingerprint density at radius 3 is 2.39 bits per heavy atom. The zero-order valence-electron chi connectivity index (χ0n) is 9.43. The smallest absolute Gasteiger partial charge is 0.261 e. The third-order valence-electron chi connectivity index (χ3n) is 2.98. The minimum absolute atomic E-state index is 0.143. The fourth-order valence-corrected chi connectivity index (χ4v) is 1.93. The van der Waals surface area contributed by atoms with Gasteiger partial charge in [0, 0.05) is 5.56 Å². The predicted octanol–water partition coefficient (Wildman–Crippen LogP) is -1.33. The summed E-state index contributed by atoms with van der Waals surface area (Å²) in [7, 11) is 0. The van der Waals surface area contributed by atoms with Crippen molar-refractivity contribution in [1.29, 1.82) is 0 Å². The Bertz CT molecular complexity index is 433. The van der Waals surface area contributed by atoms with E-state index < -0.39 is 36.5 Å². The maximum atomic E-state index is 12.1. The normalized spacial score (nSPS) is 35.7. The van der Waals surface area contributed by atoms with E-state index >= 15 is 0 Å². The van der Waals surface area contributed by atoms with E-state index in [0.717, 1.165) is 0 Å². The molecular formula is C12H14O6. The van der Waals surface area contributed by atoms with Gasteiger partial charge in [-0.15, -0.1) is 0 Å². The quantitative estimate of drug-likeness (QED) is 0.498. The van der Waals surface area contributed by atoms with Crippen molar-refractivity contribution in [1.82, 2.24) is 0 Å². The van der Waals surface area contributed by atoms with Crippen molar-refractivity contribution in [2.45, 2.75) is 24.1 Å².